The van der Waals surface area contributed by atoms with Crippen LogP contribution in [0, 0.1) is 0 Å². The van der Waals surface area contributed by atoms with Gasteiger partial charge in [0.1, 0.15) is 0 Å². The SMILES string of the molecule is CC(C)NC(CO)(CN1CCCOCC1)c1ccccc1. The van der Waals surface area contributed by atoms with E-state index in [2.05, 4.69) is 36.2 Å². The van der Waals surface area contributed by atoms with Crippen molar-refractivity contribution in [3.05, 3.63) is 35.9 Å². The molecule has 118 valence electrons. The topological polar surface area (TPSA) is 44.7 Å². The van der Waals surface area contributed by atoms with Gasteiger partial charge >= 0.3 is 0 Å². The van der Waals surface area contributed by atoms with Crippen LogP contribution in [0.4, 0.5) is 0 Å². The summed E-state index contributed by atoms with van der Waals surface area (Å²) in [6, 6.07) is 10.6. The van der Waals surface area contributed by atoms with E-state index < -0.39 is 5.54 Å². The van der Waals surface area contributed by atoms with Crippen LogP contribution in [0.3, 0.4) is 0 Å². The molecule has 0 saturated carbocycles. The van der Waals surface area contributed by atoms with Crippen LogP contribution in [0.15, 0.2) is 30.3 Å². The first-order valence-electron chi connectivity index (χ1n) is 7.90. The average molecular weight is 292 g/mol. The second kappa shape index (κ2) is 7.90. The Hall–Kier alpha value is -0.940. The molecule has 0 aliphatic carbocycles. The fraction of sp³-hybridized carbons (Fsp3) is 0.647. The molecule has 1 fully saturated rings. The number of nitrogens with zero attached hydrogens (tertiary/aromatic N) is 1. The Balaban J connectivity index is 2.21. The number of aliphatic hydroxyl groups excluding tert-OH is 1. The van der Waals surface area contributed by atoms with Gasteiger partial charge in [-0.2, -0.15) is 0 Å². The minimum Gasteiger partial charge on any atom is -0.394 e. The zero-order valence-electron chi connectivity index (χ0n) is 13.2. The molecule has 1 unspecified atom stereocenters. The predicted molar refractivity (Wildman–Crippen MR) is 85.4 cm³/mol. The highest BCUT2D eigenvalue weighted by Gasteiger charge is 2.34. The van der Waals surface area contributed by atoms with Crippen molar-refractivity contribution in [2.24, 2.45) is 0 Å². The lowest BCUT2D eigenvalue weighted by molar-refractivity contribution is 0.0926. The Labute approximate surface area is 128 Å². The van der Waals surface area contributed by atoms with Crippen LogP contribution < -0.4 is 5.32 Å². The molecular weight excluding hydrogens is 264 g/mol. The van der Waals surface area contributed by atoms with E-state index in [-0.39, 0.29) is 6.61 Å². The molecule has 0 amide bonds. The van der Waals surface area contributed by atoms with E-state index in [9.17, 15) is 5.11 Å². The summed E-state index contributed by atoms with van der Waals surface area (Å²) in [7, 11) is 0. The highest BCUT2D eigenvalue weighted by molar-refractivity contribution is 5.25. The van der Waals surface area contributed by atoms with Gasteiger partial charge in [0.2, 0.25) is 0 Å². The Bertz CT molecular complexity index is 403. The molecule has 1 atom stereocenters. The Morgan fingerprint density at radius 1 is 1.24 bits per heavy atom. The fourth-order valence-electron chi connectivity index (χ4n) is 3.05. The number of hydrogen-bond donors (Lipinski definition) is 2. The lowest BCUT2D eigenvalue weighted by Gasteiger charge is -2.39. The van der Waals surface area contributed by atoms with E-state index in [1.807, 2.05) is 18.2 Å². The molecule has 4 heteroatoms. The van der Waals surface area contributed by atoms with Crippen LogP contribution in [-0.4, -0.2) is 55.5 Å². The van der Waals surface area contributed by atoms with Crippen LogP contribution in [-0.2, 0) is 10.3 Å². The number of ether oxygens (including phenoxy) is 1. The smallest absolute Gasteiger partial charge is 0.0799 e. The second-order valence-corrected chi connectivity index (χ2v) is 6.15. The third-order valence-electron chi connectivity index (χ3n) is 3.97. The normalized spacial score (nSPS) is 20.2. The first-order valence-corrected chi connectivity index (χ1v) is 7.90. The minimum atomic E-state index is -0.417. The van der Waals surface area contributed by atoms with Gasteiger partial charge in [-0.05, 0) is 25.8 Å². The van der Waals surface area contributed by atoms with E-state index in [0.717, 1.165) is 44.8 Å². The summed E-state index contributed by atoms with van der Waals surface area (Å²) in [6.07, 6.45) is 1.05. The molecule has 1 aromatic carbocycles. The van der Waals surface area contributed by atoms with Crippen LogP contribution >= 0.6 is 0 Å². The zero-order valence-corrected chi connectivity index (χ0v) is 13.2. The van der Waals surface area contributed by atoms with Crippen molar-refractivity contribution in [2.45, 2.75) is 31.8 Å². The van der Waals surface area contributed by atoms with Gasteiger partial charge in [-0.3, -0.25) is 4.90 Å². The van der Waals surface area contributed by atoms with Gasteiger partial charge in [0.25, 0.3) is 0 Å². The summed E-state index contributed by atoms with van der Waals surface area (Å²) in [4.78, 5) is 2.39. The van der Waals surface area contributed by atoms with Crippen LogP contribution in [0.1, 0.15) is 25.8 Å². The van der Waals surface area contributed by atoms with Crippen LogP contribution in [0.5, 0.6) is 0 Å². The number of hydrogen-bond acceptors (Lipinski definition) is 4. The van der Waals surface area contributed by atoms with Crippen molar-refractivity contribution in [2.75, 3.05) is 39.5 Å². The molecule has 1 aliphatic rings. The summed E-state index contributed by atoms with van der Waals surface area (Å²) in [5.41, 5.74) is 0.728. The summed E-state index contributed by atoms with van der Waals surface area (Å²) < 4.78 is 5.54. The molecule has 0 bridgehead atoms. The van der Waals surface area contributed by atoms with E-state index in [1.54, 1.807) is 0 Å². The van der Waals surface area contributed by atoms with Crippen LogP contribution in [0.25, 0.3) is 0 Å². The third-order valence-corrected chi connectivity index (χ3v) is 3.97. The first-order chi connectivity index (χ1) is 10.2. The Kier molecular flexibility index (Phi) is 6.18. The molecule has 1 heterocycles. The zero-order chi connectivity index (χ0) is 15.1. The van der Waals surface area contributed by atoms with Crippen molar-refractivity contribution in [1.29, 1.82) is 0 Å². The van der Waals surface area contributed by atoms with Gasteiger partial charge in [0.05, 0.1) is 18.8 Å². The van der Waals surface area contributed by atoms with Gasteiger partial charge in [0.15, 0.2) is 0 Å². The predicted octanol–water partition coefficient (Wildman–Crippen LogP) is 1.59. The Morgan fingerprint density at radius 3 is 2.67 bits per heavy atom. The Morgan fingerprint density at radius 2 is 2.00 bits per heavy atom. The van der Waals surface area contributed by atoms with Gasteiger partial charge in [-0.25, -0.2) is 0 Å². The summed E-state index contributed by atoms with van der Waals surface area (Å²) in [5, 5.41) is 13.8. The largest absolute Gasteiger partial charge is 0.394 e. The molecule has 0 aromatic heterocycles. The van der Waals surface area contributed by atoms with Gasteiger partial charge < -0.3 is 15.2 Å². The molecule has 2 N–H and O–H groups in total. The highest BCUT2D eigenvalue weighted by atomic mass is 16.5. The monoisotopic (exact) mass is 292 g/mol. The van der Waals surface area contributed by atoms with Crippen molar-refractivity contribution < 1.29 is 9.84 Å². The molecule has 4 nitrogen and oxygen atoms in total. The van der Waals surface area contributed by atoms with Gasteiger partial charge in [0, 0.05) is 32.3 Å². The maximum Gasteiger partial charge on any atom is 0.0799 e. The highest BCUT2D eigenvalue weighted by Crippen LogP contribution is 2.23. The van der Waals surface area contributed by atoms with E-state index in [1.165, 1.54) is 0 Å². The second-order valence-electron chi connectivity index (χ2n) is 6.15. The van der Waals surface area contributed by atoms with Gasteiger partial charge in [-0.15, -0.1) is 0 Å². The third kappa shape index (κ3) is 4.51. The lowest BCUT2D eigenvalue weighted by atomic mass is 9.89. The molecule has 1 saturated heterocycles. The molecule has 21 heavy (non-hydrogen) atoms. The summed E-state index contributed by atoms with van der Waals surface area (Å²) in [6.45, 7) is 8.70. The van der Waals surface area contributed by atoms with E-state index in [0.29, 0.717) is 6.04 Å². The summed E-state index contributed by atoms with van der Waals surface area (Å²) >= 11 is 0. The number of rotatable bonds is 6. The average Bonchev–Trinajstić information content (AvgIpc) is 2.75. The molecule has 0 radical (unpaired) electrons. The van der Waals surface area contributed by atoms with Crippen molar-refractivity contribution in [1.82, 2.24) is 10.2 Å². The lowest BCUT2D eigenvalue weighted by Crippen LogP contribution is -2.56. The number of nitrogens with one attached hydrogen (secondary N) is 1. The van der Waals surface area contributed by atoms with Crippen LogP contribution in [0.2, 0.25) is 0 Å². The molecule has 2 rings (SSSR count). The summed E-state index contributed by atoms with van der Waals surface area (Å²) in [5.74, 6) is 0. The maximum atomic E-state index is 10.2. The van der Waals surface area contributed by atoms with E-state index >= 15 is 0 Å². The quantitative estimate of drug-likeness (QED) is 0.836. The molecule has 1 aromatic rings. The van der Waals surface area contributed by atoms with Gasteiger partial charge in [-0.1, -0.05) is 30.3 Å². The van der Waals surface area contributed by atoms with E-state index in [4.69, 9.17) is 4.74 Å². The molecular formula is C17H28N2O2. The molecule has 1 aliphatic heterocycles. The molecule has 0 spiro atoms. The minimum absolute atomic E-state index is 0.0898. The van der Waals surface area contributed by atoms with Crippen molar-refractivity contribution in [3.63, 3.8) is 0 Å². The number of aliphatic hydroxyl groups is 1. The number of benzene rings is 1. The maximum absolute atomic E-state index is 10.2. The van der Waals surface area contributed by atoms with Crippen molar-refractivity contribution >= 4 is 0 Å². The fourth-order valence-corrected chi connectivity index (χ4v) is 3.05. The standard InChI is InChI=1S/C17H28N2O2/c1-15(2)18-17(14-20,16-7-4-3-5-8-16)13-19-9-6-11-21-12-10-19/h3-5,7-8,15,18,20H,6,9-14H2,1-2H3. The first kappa shape index (κ1) is 16.4. The van der Waals surface area contributed by atoms with Crippen molar-refractivity contribution in [3.8, 4) is 0 Å².